The van der Waals surface area contributed by atoms with Gasteiger partial charge in [0.2, 0.25) is 4.80 Å². The Morgan fingerprint density at radius 1 is 1.26 bits per heavy atom. The quantitative estimate of drug-likeness (QED) is 0.508. The number of rotatable bonds is 5. The van der Waals surface area contributed by atoms with Gasteiger partial charge in [-0.25, -0.2) is 0 Å². The molecule has 0 fully saturated rings. The molecule has 2 aromatic carbocycles. The fourth-order valence-electron chi connectivity index (χ4n) is 2.37. The van der Waals surface area contributed by atoms with E-state index in [1.165, 1.54) is 40.2 Å². The van der Waals surface area contributed by atoms with Gasteiger partial charge < -0.3 is 9.30 Å². The highest BCUT2D eigenvalue weighted by atomic mass is 79.9. The van der Waals surface area contributed by atoms with Crippen LogP contribution in [0.5, 0.6) is 0 Å². The van der Waals surface area contributed by atoms with E-state index < -0.39 is 16.0 Å². The van der Waals surface area contributed by atoms with Crippen molar-refractivity contribution in [1.82, 2.24) is 4.57 Å². The summed E-state index contributed by atoms with van der Waals surface area (Å²) < 4.78 is 37.5. The molecule has 0 amide bonds. The molecule has 0 bridgehead atoms. The van der Waals surface area contributed by atoms with Gasteiger partial charge in [0.05, 0.1) is 21.7 Å². The van der Waals surface area contributed by atoms with Crippen LogP contribution < -0.4 is 4.80 Å². The number of nitrogens with zero attached hydrogens (tertiary/aromatic N) is 2. The highest BCUT2D eigenvalue weighted by molar-refractivity contribution is 9.10. The molecule has 0 aliphatic rings. The van der Waals surface area contributed by atoms with E-state index in [0.717, 1.165) is 9.17 Å². The third-order valence-corrected chi connectivity index (χ3v) is 6.73. The topological polar surface area (TPSA) is 77.7 Å². The Bertz CT molecular complexity index is 1170. The van der Waals surface area contributed by atoms with Crippen molar-refractivity contribution < 1.29 is 17.9 Å². The zero-order valence-corrected chi connectivity index (χ0v) is 18.0. The van der Waals surface area contributed by atoms with Gasteiger partial charge in [-0.3, -0.25) is 4.79 Å². The predicted molar refractivity (Wildman–Crippen MR) is 108 cm³/mol. The lowest BCUT2D eigenvalue weighted by Gasteiger charge is -2.05. The van der Waals surface area contributed by atoms with Gasteiger partial charge in [0.1, 0.15) is 6.54 Å². The van der Waals surface area contributed by atoms with Crippen molar-refractivity contribution in [1.29, 1.82) is 0 Å². The molecule has 10 heteroatoms. The lowest BCUT2D eigenvalue weighted by Crippen LogP contribution is -2.23. The van der Waals surface area contributed by atoms with Gasteiger partial charge in [-0.15, -0.1) is 4.40 Å². The molecule has 0 N–H and O–H groups in total. The first kappa shape index (κ1) is 20.1. The first-order chi connectivity index (χ1) is 12.8. The zero-order valence-electron chi connectivity index (χ0n) is 14.1. The van der Waals surface area contributed by atoms with Crippen LogP contribution in [-0.4, -0.2) is 25.6 Å². The van der Waals surface area contributed by atoms with Crippen LogP contribution in [0.3, 0.4) is 0 Å². The van der Waals surface area contributed by atoms with E-state index in [-0.39, 0.29) is 22.8 Å². The minimum atomic E-state index is -3.97. The first-order valence-electron chi connectivity index (χ1n) is 7.81. The maximum atomic E-state index is 12.7. The number of thiazole rings is 1. The van der Waals surface area contributed by atoms with Crippen molar-refractivity contribution in [2.24, 2.45) is 4.40 Å². The molecule has 1 aromatic heterocycles. The molecule has 0 unspecified atom stereocenters. The van der Waals surface area contributed by atoms with E-state index in [4.69, 9.17) is 16.3 Å². The van der Waals surface area contributed by atoms with Gasteiger partial charge in [0.15, 0.2) is 0 Å². The number of ether oxygens (including phenoxy) is 1. The van der Waals surface area contributed by atoms with Crippen LogP contribution in [0.15, 0.2) is 56.2 Å². The molecule has 0 aliphatic heterocycles. The Morgan fingerprint density at radius 3 is 2.63 bits per heavy atom. The molecule has 0 aliphatic carbocycles. The second-order valence-corrected chi connectivity index (χ2v) is 9.37. The van der Waals surface area contributed by atoms with Gasteiger partial charge in [0, 0.05) is 9.50 Å². The van der Waals surface area contributed by atoms with Crippen molar-refractivity contribution in [2.45, 2.75) is 18.4 Å². The number of esters is 1. The van der Waals surface area contributed by atoms with Crippen molar-refractivity contribution >= 4 is 65.1 Å². The van der Waals surface area contributed by atoms with Crippen LogP contribution in [0.1, 0.15) is 6.92 Å². The summed E-state index contributed by atoms with van der Waals surface area (Å²) in [6, 6.07) is 11.2. The standard InChI is InChI=1S/C17H14BrClN2O4S2/c1-2-25-16(22)10-21-14-8-3-11(18)9-15(14)26-17(21)20-27(23,24)13-6-4-12(19)5-7-13/h3-9H,2,10H2,1H3. The van der Waals surface area contributed by atoms with Crippen molar-refractivity contribution in [3.63, 3.8) is 0 Å². The Balaban J connectivity index is 2.18. The van der Waals surface area contributed by atoms with Crippen LogP contribution >= 0.6 is 38.9 Å². The van der Waals surface area contributed by atoms with E-state index in [0.29, 0.717) is 10.5 Å². The summed E-state index contributed by atoms with van der Waals surface area (Å²) in [5, 5.41) is 0.429. The number of fused-ring (bicyclic) bond motifs is 1. The Hall–Kier alpha value is -1.68. The van der Waals surface area contributed by atoms with Crippen molar-refractivity contribution in [3.05, 3.63) is 56.8 Å². The summed E-state index contributed by atoms with van der Waals surface area (Å²) in [4.78, 5) is 12.2. The molecule has 0 atom stereocenters. The summed E-state index contributed by atoms with van der Waals surface area (Å²) in [6.45, 7) is 1.81. The molecule has 0 saturated heterocycles. The molecule has 27 heavy (non-hydrogen) atoms. The van der Waals surface area contributed by atoms with Gasteiger partial charge in [-0.1, -0.05) is 38.9 Å². The van der Waals surface area contributed by atoms with E-state index in [2.05, 4.69) is 20.3 Å². The molecule has 6 nitrogen and oxygen atoms in total. The number of carbonyl (C=O) groups is 1. The number of benzene rings is 2. The normalized spacial score (nSPS) is 12.5. The molecule has 0 saturated carbocycles. The van der Waals surface area contributed by atoms with Crippen LogP contribution in [-0.2, 0) is 26.1 Å². The number of halogens is 2. The molecular weight excluding hydrogens is 476 g/mol. The molecule has 1 heterocycles. The van der Waals surface area contributed by atoms with Crippen molar-refractivity contribution in [2.75, 3.05) is 6.61 Å². The molecular formula is C17H14BrClN2O4S2. The number of sulfonamides is 1. The monoisotopic (exact) mass is 488 g/mol. The summed E-state index contributed by atoms with van der Waals surface area (Å²) in [7, 11) is -3.97. The largest absolute Gasteiger partial charge is 0.465 e. The van der Waals surface area contributed by atoms with Crippen LogP contribution in [0, 0.1) is 0 Å². The SMILES string of the molecule is CCOC(=O)Cn1c(=NS(=O)(=O)c2ccc(Cl)cc2)sc2cc(Br)ccc21. The number of hydrogen-bond acceptors (Lipinski definition) is 5. The average Bonchev–Trinajstić information content (AvgIpc) is 2.91. The molecule has 0 radical (unpaired) electrons. The predicted octanol–water partition coefficient (Wildman–Crippen LogP) is 3.97. The van der Waals surface area contributed by atoms with Gasteiger partial charge in [-0.05, 0) is 49.4 Å². The van der Waals surface area contributed by atoms with Crippen LogP contribution in [0.2, 0.25) is 5.02 Å². The van der Waals surface area contributed by atoms with E-state index in [9.17, 15) is 13.2 Å². The minimum Gasteiger partial charge on any atom is -0.465 e. The van der Waals surface area contributed by atoms with Crippen LogP contribution in [0.25, 0.3) is 10.2 Å². The maximum absolute atomic E-state index is 12.7. The number of carbonyl (C=O) groups excluding carboxylic acids is 1. The fourth-order valence-corrected chi connectivity index (χ4v) is 5.28. The van der Waals surface area contributed by atoms with E-state index in [1.54, 1.807) is 13.0 Å². The smallest absolute Gasteiger partial charge is 0.326 e. The Morgan fingerprint density at radius 2 is 1.96 bits per heavy atom. The van der Waals surface area contributed by atoms with Crippen LogP contribution in [0.4, 0.5) is 0 Å². The Labute approximate surface area is 173 Å². The van der Waals surface area contributed by atoms with E-state index >= 15 is 0 Å². The lowest BCUT2D eigenvalue weighted by molar-refractivity contribution is -0.143. The van der Waals surface area contributed by atoms with Gasteiger partial charge in [0.25, 0.3) is 10.0 Å². The summed E-state index contributed by atoms with van der Waals surface area (Å²) >= 11 is 10.4. The molecule has 142 valence electrons. The third kappa shape index (κ3) is 4.60. The maximum Gasteiger partial charge on any atom is 0.326 e. The van der Waals surface area contributed by atoms with Crippen molar-refractivity contribution in [3.8, 4) is 0 Å². The summed E-state index contributed by atoms with van der Waals surface area (Å²) in [5.41, 5.74) is 0.696. The number of hydrogen-bond donors (Lipinski definition) is 0. The second kappa shape index (κ2) is 8.14. The number of aromatic nitrogens is 1. The minimum absolute atomic E-state index is 0.0215. The average molecular weight is 490 g/mol. The summed E-state index contributed by atoms with van der Waals surface area (Å²) in [6.07, 6.45) is 0. The molecule has 3 rings (SSSR count). The second-order valence-electron chi connectivity index (χ2n) is 5.41. The van der Waals surface area contributed by atoms with Gasteiger partial charge >= 0.3 is 5.97 Å². The molecule has 0 spiro atoms. The lowest BCUT2D eigenvalue weighted by atomic mass is 10.3. The zero-order chi connectivity index (χ0) is 19.6. The highest BCUT2D eigenvalue weighted by Crippen LogP contribution is 2.23. The fraction of sp³-hybridized carbons (Fsp3) is 0.176. The third-order valence-electron chi connectivity index (χ3n) is 3.55. The van der Waals surface area contributed by atoms with Gasteiger partial charge in [-0.2, -0.15) is 8.42 Å². The first-order valence-corrected chi connectivity index (χ1v) is 11.2. The Kier molecular flexibility index (Phi) is 6.05. The molecule has 3 aromatic rings. The highest BCUT2D eigenvalue weighted by Gasteiger charge is 2.16. The van der Waals surface area contributed by atoms with E-state index in [1.807, 2.05) is 12.1 Å². The summed E-state index contributed by atoms with van der Waals surface area (Å²) in [5.74, 6) is -0.467.